The molecule has 3 fully saturated rings. The Hall–Kier alpha value is -2.85. The van der Waals surface area contributed by atoms with Gasteiger partial charge in [-0.1, -0.05) is 23.9 Å². The van der Waals surface area contributed by atoms with Gasteiger partial charge >= 0.3 is 0 Å². The van der Waals surface area contributed by atoms with Crippen molar-refractivity contribution in [3.05, 3.63) is 57.0 Å². The maximum Gasteiger partial charge on any atom is 0.285 e. The van der Waals surface area contributed by atoms with Crippen molar-refractivity contribution in [3.8, 4) is 0 Å². The predicted molar refractivity (Wildman–Crippen MR) is 108 cm³/mol. The molecule has 5 rings (SSSR count). The quantitative estimate of drug-likeness (QED) is 0.182. The number of hydrogen-bond donors (Lipinski definition) is 0. The van der Waals surface area contributed by atoms with Crippen molar-refractivity contribution in [2.75, 3.05) is 0 Å². The largest absolute Gasteiger partial charge is 0.285 e. The molecule has 146 valence electrons. The Labute approximate surface area is 174 Å². The molecule has 8 nitrogen and oxygen atoms in total. The molecule has 4 unspecified atom stereocenters. The molecule has 2 bridgehead atoms. The number of allylic oxidation sites excluding steroid dienone is 2. The number of fused-ring (bicyclic) bond motifs is 5. The Morgan fingerprint density at radius 1 is 1.03 bits per heavy atom. The van der Waals surface area contributed by atoms with E-state index in [0.29, 0.717) is 5.56 Å². The average Bonchev–Trinajstić information content (AvgIpc) is 3.42. The lowest BCUT2D eigenvalue weighted by molar-refractivity contribution is -0.384. The van der Waals surface area contributed by atoms with Crippen LogP contribution in [0.15, 0.2) is 41.3 Å². The normalized spacial score (nSPS) is 31.5. The number of benzene rings is 1. The summed E-state index contributed by atoms with van der Waals surface area (Å²) in [6.07, 6.45) is 6.32. The zero-order chi connectivity index (χ0) is 20.4. The fourth-order valence-corrected chi connectivity index (χ4v) is 5.80. The third kappa shape index (κ3) is 2.59. The van der Waals surface area contributed by atoms with Gasteiger partial charge in [0.05, 0.1) is 21.7 Å². The number of thiocarbonyl (C=S) groups is 1. The predicted octanol–water partition coefficient (Wildman–Crippen LogP) is 2.52. The van der Waals surface area contributed by atoms with Crippen LogP contribution in [-0.4, -0.2) is 37.0 Å². The molecular weight excluding hydrogens is 414 g/mol. The van der Waals surface area contributed by atoms with Crippen molar-refractivity contribution in [2.45, 2.75) is 6.42 Å². The van der Waals surface area contributed by atoms with Gasteiger partial charge in [-0.2, -0.15) is 10.0 Å². The second-order valence-electron chi connectivity index (χ2n) is 7.33. The van der Waals surface area contributed by atoms with Crippen LogP contribution in [0.1, 0.15) is 12.0 Å². The molecule has 4 atom stereocenters. The SMILES string of the molecule is O=C1/C(=C\c2ccc([N+](=O)[O-])cc2)SC(=S)N1N1C(=O)C2C3C=CC(C3)C2C1=O. The lowest BCUT2D eigenvalue weighted by Crippen LogP contribution is -2.49. The highest BCUT2D eigenvalue weighted by molar-refractivity contribution is 8.26. The smallest absolute Gasteiger partial charge is 0.272 e. The number of amides is 3. The summed E-state index contributed by atoms with van der Waals surface area (Å²) in [6, 6.07) is 5.71. The summed E-state index contributed by atoms with van der Waals surface area (Å²) in [5, 5.41) is 12.7. The van der Waals surface area contributed by atoms with E-state index >= 15 is 0 Å². The van der Waals surface area contributed by atoms with Crippen LogP contribution in [0.25, 0.3) is 6.08 Å². The van der Waals surface area contributed by atoms with Gasteiger partial charge in [-0.05, 0) is 54.2 Å². The van der Waals surface area contributed by atoms with Gasteiger partial charge in [0.2, 0.25) is 0 Å². The summed E-state index contributed by atoms with van der Waals surface area (Å²) in [6.45, 7) is 0. The van der Waals surface area contributed by atoms with Gasteiger partial charge in [-0.3, -0.25) is 24.5 Å². The van der Waals surface area contributed by atoms with Crippen LogP contribution in [0, 0.1) is 33.8 Å². The fraction of sp³-hybridized carbons (Fsp3) is 0.263. The molecule has 0 aromatic heterocycles. The van der Waals surface area contributed by atoms with Gasteiger partial charge in [-0.25, -0.2) is 0 Å². The van der Waals surface area contributed by atoms with Crippen molar-refractivity contribution in [1.29, 1.82) is 0 Å². The van der Waals surface area contributed by atoms with Crippen LogP contribution < -0.4 is 0 Å². The third-order valence-electron chi connectivity index (χ3n) is 5.82. The number of imide groups is 1. The molecule has 29 heavy (non-hydrogen) atoms. The van der Waals surface area contributed by atoms with E-state index in [-0.39, 0.29) is 38.6 Å². The molecule has 4 aliphatic rings. The van der Waals surface area contributed by atoms with Gasteiger partial charge in [0.15, 0.2) is 4.32 Å². The second kappa shape index (κ2) is 6.33. The fourth-order valence-electron chi connectivity index (χ4n) is 4.56. The van der Waals surface area contributed by atoms with E-state index in [1.165, 1.54) is 24.3 Å². The van der Waals surface area contributed by atoms with Gasteiger partial charge in [-0.15, -0.1) is 0 Å². The molecule has 2 aliphatic heterocycles. The van der Waals surface area contributed by atoms with E-state index in [9.17, 15) is 24.5 Å². The lowest BCUT2D eigenvalue weighted by atomic mass is 9.85. The highest BCUT2D eigenvalue weighted by atomic mass is 32.2. The second-order valence-corrected chi connectivity index (χ2v) is 9.01. The van der Waals surface area contributed by atoms with Crippen molar-refractivity contribution in [2.24, 2.45) is 23.7 Å². The van der Waals surface area contributed by atoms with E-state index in [4.69, 9.17) is 12.2 Å². The zero-order valence-corrected chi connectivity index (χ0v) is 16.4. The molecule has 2 heterocycles. The highest BCUT2D eigenvalue weighted by Crippen LogP contribution is 2.53. The first-order chi connectivity index (χ1) is 13.9. The minimum Gasteiger partial charge on any atom is -0.272 e. The van der Waals surface area contributed by atoms with E-state index in [2.05, 4.69) is 0 Å². The Morgan fingerprint density at radius 2 is 1.62 bits per heavy atom. The average molecular weight is 427 g/mol. The van der Waals surface area contributed by atoms with Crippen LogP contribution in [0.4, 0.5) is 5.69 Å². The van der Waals surface area contributed by atoms with Crippen LogP contribution >= 0.6 is 24.0 Å². The van der Waals surface area contributed by atoms with E-state index < -0.39 is 22.7 Å². The summed E-state index contributed by atoms with van der Waals surface area (Å²) in [7, 11) is 0. The number of nitro groups is 1. The molecule has 1 aromatic rings. The van der Waals surface area contributed by atoms with E-state index in [1.807, 2.05) is 12.2 Å². The molecular formula is C19H13N3O5S2. The lowest BCUT2D eigenvalue weighted by Gasteiger charge is -2.25. The first kappa shape index (κ1) is 18.2. The summed E-state index contributed by atoms with van der Waals surface area (Å²) in [4.78, 5) is 49.4. The Kier molecular flexibility index (Phi) is 3.97. The number of rotatable bonds is 3. The molecule has 2 aliphatic carbocycles. The number of hydrazine groups is 1. The first-order valence-corrected chi connectivity index (χ1v) is 10.2. The number of nitrogens with zero attached hydrogens (tertiary/aromatic N) is 3. The van der Waals surface area contributed by atoms with Crippen molar-refractivity contribution in [1.82, 2.24) is 10.0 Å². The van der Waals surface area contributed by atoms with Crippen LogP contribution in [0.5, 0.6) is 0 Å². The molecule has 1 aromatic carbocycles. The molecule has 10 heteroatoms. The molecule has 1 saturated carbocycles. The number of carbonyl (C=O) groups excluding carboxylic acids is 3. The summed E-state index contributed by atoms with van der Waals surface area (Å²) in [5.41, 5.74) is 0.520. The highest BCUT2D eigenvalue weighted by Gasteiger charge is 2.62. The van der Waals surface area contributed by atoms with Crippen LogP contribution in [0.3, 0.4) is 0 Å². The third-order valence-corrected chi connectivity index (χ3v) is 7.10. The maximum absolute atomic E-state index is 13.0. The minimum atomic E-state index is -0.541. The summed E-state index contributed by atoms with van der Waals surface area (Å²) < 4.78 is 0.116. The van der Waals surface area contributed by atoms with Crippen LogP contribution in [0.2, 0.25) is 0 Å². The zero-order valence-electron chi connectivity index (χ0n) is 14.8. The van der Waals surface area contributed by atoms with Gasteiger partial charge in [0.1, 0.15) is 0 Å². The molecule has 3 amide bonds. The number of non-ortho nitro benzene ring substituents is 1. The van der Waals surface area contributed by atoms with Gasteiger partial charge in [0.25, 0.3) is 23.4 Å². The standard InChI is InChI=1S/C19H13N3O5S2/c23-16-13(7-9-1-5-12(6-2-9)22(26)27)29-19(28)21(16)20-17(24)14-10-3-4-11(8-10)15(14)18(20)25/h1-7,10-11,14-15H,8H2/b13-7+. The topological polar surface area (TPSA) is 101 Å². The molecule has 0 spiro atoms. The number of carbonyl (C=O) groups is 3. The van der Waals surface area contributed by atoms with Gasteiger partial charge < -0.3 is 0 Å². The van der Waals surface area contributed by atoms with Gasteiger partial charge in [0, 0.05) is 12.1 Å². The minimum absolute atomic E-state index is 0.0421. The van der Waals surface area contributed by atoms with Crippen LogP contribution in [-0.2, 0) is 14.4 Å². The van der Waals surface area contributed by atoms with Crippen molar-refractivity contribution < 1.29 is 19.3 Å². The molecule has 0 radical (unpaired) electrons. The first-order valence-electron chi connectivity index (χ1n) is 8.95. The number of nitro benzene ring substituents is 1. The summed E-state index contributed by atoms with van der Waals surface area (Å²) in [5.74, 6) is -2.03. The Bertz CT molecular complexity index is 1030. The number of hydrogen-bond acceptors (Lipinski definition) is 7. The maximum atomic E-state index is 13.0. The van der Waals surface area contributed by atoms with Crippen molar-refractivity contribution >= 4 is 57.8 Å². The molecule has 0 N–H and O–H groups in total. The molecule has 2 saturated heterocycles. The number of thioether (sulfide) groups is 1. The monoisotopic (exact) mass is 427 g/mol. The van der Waals surface area contributed by atoms with E-state index in [0.717, 1.165) is 28.2 Å². The Balaban J connectivity index is 1.42. The van der Waals surface area contributed by atoms with E-state index in [1.54, 1.807) is 6.08 Å². The van der Waals surface area contributed by atoms with Crippen molar-refractivity contribution in [3.63, 3.8) is 0 Å². The summed E-state index contributed by atoms with van der Waals surface area (Å²) >= 11 is 6.29. The Morgan fingerprint density at radius 3 is 2.17 bits per heavy atom.